The molecule has 0 spiro atoms. The molecule has 89 valence electrons. The van der Waals surface area contributed by atoms with E-state index in [-0.39, 0.29) is 11.5 Å². The van der Waals surface area contributed by atoms with E-state index >= 15 is 0 Å². The van der Waals surface area contributed by atoms with Crippen LogP contribution in [-0.4, -0.2) is 15.0 Å². The Morgan fingerprint density at radius 3 is 2.44 bits per heavy atom. The summed E-state index contributed by atoms with van der Waals surface area (Å²) in [6.07, 6.45) is 2.01. The number of benzene rings is 1. The Hall–Kier alpha value is -0.620. The molecule has 0 bridgehead atoms. The summed E-state index contributed by atoms with van der Waals surface area (Å²) in [5.74, 6) is 0. The van der Waals surface area contributed by atoms with E-state index in [1.54, 1.807) is 6.07 Å². The van der Waals surface area contributed by atoms with E-state index in [4.69, 9.17) is 16.7 Å². The summed E-state index contributed by atoms with van der Waals surface area (Å²) in [4.78, 5) is 0.00470. The molecule has 0 aliphatic carbocycles. The molecule has 0 aliphatic rings. The molecule has 0 saturated carbocycles. The number of hydrogen-bond acceptors (Lipinski definition) is 2. The summed E-state index contributed by atoms with van der Waals surface area (Å²) < 4.78 is 22.1. The van der Waals surface area contributed by atoms with Gasteiger partial charge in [-0.05, 0) is 37.0 Å². The lowest BCUT2D eigenvalue weighted by molar-refractivity contribution is 0.187. The van der Waals surface area contributed by atoms with Crippen molar-refractivity contribution in [1.82, 2.24) is 0 Å². The van der Waals surface area contributed by atoms with E-state index in [9.17, 15) is 13.5 Å². The second-order valence-corrected chi connectivity index (χ2v) is 5.43. The van der Waals surface area contributed by atoms with Crippen molar-refractivity contribution in [3.8, 4) is 0 Å². The van der Waals surface area contributed by atoms with E-state index in [2.05, 4.69) is 0 Å². The minimum absolute atomic E-state index is 0.00470. The molecule has 0 saturated heterocycles. The number of nitrogens with two attached hydrogens (primary N) is 1. The summed E-state index contributed by atoms with van der Waals surface area (Å²) in [6.45, 7) is -0.104. The Morgan fingerprint density at radius 2 is 1.94 bits per heavy atom. The van der Waals surface area contributed by atoms with Crippen molar-refractivity contribution in [2.24, 2.45) is 5.14 Å². The fraction of sp³-hybridized carbons (Fsp3) is 0.400. The molecule has 2 N–H and O–H groups in total. The average Bonchev–Trinajstić information content (AvgIpc) is 2.19. The Labute approximate surface area is 100 Å². The molecular weight excluding hydrogens is 250 g/mol. The number of hydrogen-bond donors (Lipinski definition) is 1. The van der Waals surface area contributed by atoms with Gasteiger partial charge >= 0.3 is 0 Å². The van der Waals surface area contributed by atoms with Crippen molar-refractivity contribution in [3.63, 3.8) is 0 Å². The highest BCUT2D eigenvalue weighted by molar-refractivity contribution is 7.89. The molecule has 6 heteroatoms. The van der Waals surface area contributed by atoms with Crippen molar-refractivity contribution < 1.29 is 13.5 Å². The molecule has 0 aliphatic heterocycles. The van der Waals surface area contributed by atoms with Crippen molar-refractivity contribution in [2.75, 3.05) is 6.61 Å². The van der Waals surface area contributed by atoms with E-state index in [1.165, 1.54) is 12.1 Å². The van der Waals surface area contributed by atoms with Crippen LogP contribution in [0, 0.1) is 0 Å². The fourth-order valence-corrected chi connectivity index (χ4v) is 2.20. The maximum atomic E-state index is 11.0. The second kappa shape index (κ2) is 5.63. The Morgan fingerprint density at radius 1 is 1.25 bits per heavy atom. The van der Waals surface area contributed by atoms with E-state index in [0.29, 0.717) is 17.9 Å². The fourth-order valence-electron chi connectivity index (χ4n) is 1.33. The zero-order chi connectivity index (χ0) is 12.2. The third-order valence-electron chi connectivity index (χ3n) is 2.19. The van der Waals surface area contributed by atoms with Gasteiger partial charge < -0.3 is 0 Å². The van der Waals surface area contributed by atoms with E-state index in [1.807, 2.05) is 0 Å². The van der Waals surface area contributed by atoms with Crippen LogP contribution in [0.3, 0.4) is 0 Å². The maximum Gasteiger partial charge on any atom is 0.238 e. The van der Waals surface area contributed by atoms with Crippen molar-refractivity contribution >= 4 is 21.6 Å². The summed E-state index contributed by atoms with van der Waals surface area (Å²) in [7, 11) is -3.70. The second-order valence-electron chi connectivity index (χ2n) is 3.46. The molecule has 0 aromatic heterocycles. The van der Waals surface area contributed by atoms with Crippen LogP contribution < -0.4 is 5.14 Å². The average molecular weight is 263 g/mol. The standard InChI is InChI=1S/C10H13ClNO3S/c11-10-7-9(16(12,14)15)5-4-8(10)3-1-2-6-13/h4-5,7H,1-3,6H2,(H2,12,14,15). The molecular formula is C10H13ClNO3S. The lowest BCUT2D eigenvalue weighted by Crippen LogP contribution is -2.12. The van der Waals surface area contributed by atoms with Gasteiger partial charge in [-0.15, -0.1) is 0 Å². The van der Waals surface area contributed by atoms with Gasteiger partial charge in [0, 0.05) is 5.02 Å². The van der Waals surface area contributed by atoms with Crippen LogP contribution in [0.2, 0.25) is 5.02 Å². The van der Waals surface area contributed by atoms with Gasteiger partial charge in [0.25, 0.3) is 0 Å². The summed E-state index contributed by atoms with van der Waals surface area (Å²) >= 11 is 5.92. The molecule has 0 fully saturated rings. The number of halogens is 1. The Kier molecular flexibility index (Phi) is 4.73. The van der Waals surface area contributed by atoms with Gasteiger partial charge in [0.15, 0.2) is 0 Å². The van der Waals surface area contributed by atoms with Gasteiger partial charge in [-0.3, -0.25) is 0 Å². The van der Waals surface area contributed by atoms with Gasteiger partial charge in [-0.2, -0.15) is 0 Å². The van der Waals surface area contributed by atoms with Crippen LogP contribution in [0.4, 0.5) is 0 Å². The molecule has 4 nitrogen and oxygen atoms in total. The zero-order valence-corrected chi connectivity index (χ0v) is 10.2. The first kappa shape index (κ1) is 13.4. The highest BCUT2D eigenvalue weighted by Crippen LogP contribution is 2.21. The molecule has 16 heavy (non-hydrogen) atoms. The van der Waals surface area contributed by atoms with Crippen LogP contribution in [0.1, 0.15) is 18.4 Å². The number of rotatable bonds is 5. The smallest absolute Gasteiger partial charge is 0.237 e. The maximum absolute atomic E-state index is 11.0. The van der Waals surface area contributed by atoms with Crippen molar-refractivity contribution in [1.29, 1.82) is 0 Å². The molecule has 0 heterocycles. The third-order valence-corrected chi connectivity index (χ3v) is 3.46. The lowest BCUT2D eigenvalue weighted by atomic mass is 10.1. The monoisotopic (exact) mass is 262 g/mol. The van der Waals surface area contributed by atoms with E-state index < -0.39 is 10.0 Å². The third kappa shape index (κ3) is 3.75. The normalized spacial score (nSPS) is 11.7. The Balaban J connectivity index is 2.84. The van der Waals surface area contributed by atoms with Gasteiger partial charge in [-0.25, -0.2) is 18.7 Å². The van der Waals surface area contributed by atoms with Crippen LogP contribution in [0.5, 0.6) is 0 Å². The highest BCUT2D eigenvalue weighted by Gasteiger charge is 2.10. The first-order valence-corrected chi connectivity index (χ1v) is 6.77. The highest BCUT2D eigenvalue weighted by atomic mass is 35.5. The predicted molar refractivity (Wildman–Crippen MR) is 61.3 cm³/mol. The van der Waals surface area contributed by atoms with E-state index in [0.717, 1.165) is 12.0 Å². The SMILES string of the molecule is NS(=O)(=O)c1ccc(CCCC[O])c(Cl)c1. The zero-order valence-electron chi connectivity index (χ0n) is 8.65. The first-order valence-electron chi connectivity index (χ1n) is 4.84. The topological polar surface area (TPSA) is 80.1 Å². The first-order chi connectivity index (χ1) is 7.45. The molecule has 0 amide bonds. The molecule has 1 rings (SSSR count). The number of aryl methyl sites for hydroxylation is 1. The number of unbranched alkanes of at least 4 members (excludes halogenated alkanes) is 1. The largest absolute Gasteiger partial charge is 0.238 e. The van der Waals surface area contributed by atoms with Gasteiger partial charge in [0.1, 0.15) is 0 Å². The van der Waals surface area contributed by atoms with Crippen molar-refractivity contribution in [2.45, 2.75) is 24.2 Å². The summed E-state index contributed by atoms with van der Waals surface area (Å²) in [6, 6.07) is 4.39. The molecule has 1 radical (unpaired) electrons. The summed E-state index contributed by atoms with van der Waals surface area (Å²) in [5.41, 5.74) is 0.836. The van der Waals surface area contributed by atoms with Gasteiger partial charge in [0.05, 0.1) is 11.5 Å². The minimum atomic E-state index is -3.70. The molecule has 1 aromatic carbocycles. The lowest BCUT2D eigenvalue weighted by Gasteiger charge is -2.05. The Bertz CT molecular complexity index is 459. The quantitative estimate of drug-likeness (QED) is 0.820. The molecule has 0 unspecified atom stereocenters. The molecule has 0 atom stereocenters. The minimum Gasteiger partial charge on any atom is -0.237 e. The van der Waals surface area contributed by atoms with Gasteiger partial charge in [0.2, 0.25) is 10.0 Å². The molecule has 1 aromatic rings. The number of sulfonamides is 1. The summed E-state index contributed by atoms with van der Waals surface area (Å²) in [5, 5.41) is 15.6. The van der Waals surface area contributed by atoms with Gasteiger partial charge in [-0.1, -0.05) is 17.7 Å². The predicted octanol–water partition coefficient (Wildman–Crippen LogP) is 1.74. The van der Waals surface area contributed by atoms with Crippen LogP contribution in [0.25, 0.3) is 0 Å². The van der Waals surface area contributed by atoms with Crippen LogP contribution >= 0.6 is 11.6 Å². The van der Waals surface area contributed by atoms with Crippen molar-refractivity contribution in [3.05, 3.63) is 28.8 Å². The number of primary sulfonamides is 1. The van der Waals surface area contributed by atoms with Crippen LogP contribution in [-0.2, 0) is 21.6 Å². The van der Waals surface area contributed by atoms with Crippen LogP contribution in [0.15, 0.2) is 23.1 Å².